The fourth-order valence-electron chi connectivity index (χ4n) is 1.66. The van der Waals surface area contributed by atoms with Crippen molar-refractivity contribution in [2.24, 2.45) is 5.73 Å². The summed E-state index contributed by atoms with van der Waals surface area (Å²) in [4.78, 5) is 15.4. The minimum absolute atomic E-state index is 0.344. The molecular formula is C14H15N3O2. The van der Waals surface area contributed by atoms with Crippen LogP contribution in [0, 0.1) is 0 Å². The number of ether oxygens (including phenoxy) is 1. The van der Waals surface area contributed by atoms with Crippen LogP contribution in [0.2, 0.25) is 0 Å². The number of nitrogens with two attached hydrogens (primary N) is 1. The van der Waals surface area contributed by atoms with Crippen molar-refractivity contribution in [3.63, 3.8) is 0 Å². The molecule has 1 aromatic heterocycles. The second kappa shape index (κ2) is 5.86. The van der Waals surface area contributed by atoms with Crippen molar-refractivity contribution in [3.8, 4) is 11.5 Å². The molecule has 19 heavy (non-hydrogen) atoms. The minimum Gasteiger partial charge on any atom is -0.455 e. The number of anilines is 1. The molecule has 0 spiro atoms. The first-order chi connectivity index (χ1) is 9.20. The molecule has 5 heteroatoms. The zero-order valence-corrected chi connectivity index (χ0v) is 10.6. The maximum atomic E-state index is 11.3. The van der Waals surface area contributed by atoms with Crippen molar-refractivity contribution in [3.05, 3.63) is 48.3 Å². The van der Waals surface area contributed by atoms with E-state index < -0.39 is 5.91 Å². The van der Waals surface area contributed by atoms with E-state index in [1.807, 2.05) is 13.0 Å². The van der Waals surface area contributed by atoms with E-state index in [9.17, 15) is 4.79 Å². The number of aromatic nitrogens is 1. The quantitative estimate of drug-likeness (QED) is 0.862. The number of benzene rings is 1. The van der Waals surface area contributed by atoms with Gasteiger partial charge in [-0.2, -0.15) is 0 Å². The van der Waals surface area contributed by atoms with Gasteiger partial charge in [0.1, 0.15) is 11.5 Å². The van der Waals surface area contributed by atoms with Crippen LogP contribution in [-0.2, 0) is 0 Å². The lowest BCUT2D eigenvalue weighted by Crippen LogP contribution is -2.12. The summed E-state index contributed by atoms with van der Waals surface area (Å²) < 4.78 is 5.65. The van der Waals surface area contributed by atoms with Crippen LogP contribution in [-0.4, -0.2) is 17.4 Å². The maximum Gasteiger partial charge on any atom is 0.252 e. The van der Waals surface area contributed by atoms with E-state index in [1.54, 1.807) is 36.7 Å². The van der Waals surface area contributed by atoms with E-state index in [-0.39, 0.29) is 0 Å². The Kier molecular flexibility index (Phi) is 3.97. The molecule has 5 nitrogen and oxygen atoms in total. The summed E-state index contributed by atoms with van der Waals surface area (Å²) in [5.74, 6) is 0.448. The fraction of sp³-hybridized carbons (Fsp3) is 0.143. The number of primary amides is 1. The lowest BCUT2D eigenvalue weighted by atomic mass is 10.2. The van der Waals surface area contributed by atoms with Gasteiger partial charge in [-0.25, -0.2) is 0 Å². The molecule has 0 aliphatic heterocycles. The lowest BCUT2D eigenvalue weighted by Gasteiger charge is -2.10. The number of hydrogen-bond acceptors (Lipinski definition) is 4. The van der Waals surface area contributed by atoms with Crippen molar-refractivity contribution in [1.29, 1.82) is 0 Å². The highest BCUT2D eigenvalue weighted by atomic mass is 16.5. The van der Waals surface area contributed by atoms with Gasteiger partial charge >= 0.3 is 0 Å². The van der Waals surface area contributed by atoms with E-state index in [1.165, 1.54) is 0 Å². The Morgan fingerprint density at radius 2 is 2.16 bits per heavy atom. The molecule has 3 N–H and O–H groups in total. The molecule has 0 aliphatic rings. The number of nitrogens with zero attached hydrogens (tertiary/aromatic N) is 1. The zero-order valence-electron chi connectivity index (χ0n) is 10.6. The topological polar surface area (TPSA) is 77.2 Å². The van der Waals surface area contributed by atoms with Crippen molar-refractivity contribution in [2.45, 2.75) is 6.92 Å². The van der Waals surface area contributed by atoms with Gasteiger partial charge in [0.05, 0.1) is 23.6 Å². The first-order valence-electron chi connectivity index (χ1n) is 5.96. The monoisotopic (exact) mass is 257 g/mol. The molecule has 2 rings (SSSR count). The van der Waals surface area contributed by atoms with Crippen molar-refractivity contribution >= 4 is 11.6 Å². The Bertz CT molecular complexity index is 584. The summed E-state index contributed by atoms with van der Waals surface area (Å²) in [5.41, 5.74) is 6.50. The lowest BCUT2D eigenvalue weighted by molar-refractivity contribution is 0.0998. The molecule has 0 bridgehead atoms. The summed E-state index contributed by atoms with van der Waals surface area (Å²) in [6, 6.07) is 8.65. The zero-order chi connectivity index (χ0) is 13.7. The van der Waals surface area contributed by atoms with E-state index in [0.717, 1.165) is 12.2 Å². The smallest absolute Gasteiger partial charge is 0.252 e. The van der Waals surface area contributed by atoms with Crippen molar-refractivity contribution < 1.29 is 9.53 Å². The summed E-state index contributed by atoms with van der Waals surface area (Å²) >= 11 is 0. The number of hydrogen-bond donors (Lipinski definition) is 2. The van der Waals surface area contributed by atoms with Crippen LogP contribution in [0.5, 0.6) is 11.5 Å². The molecule has 98 valence electrons. The SMILES string of the molecule is CCNc1cncc(Oc2ccccc2C(N)=O)c1. The van der Waals surface area contributed by atoms with Crippen LogP contribution in [0.3, 0.4) is 0 Å². The first-order valence-corrected chi connectivity index (χ1v) is 5.96. The molecule has 1 aromatic carbocycles. The second-order valence-electron chi connectivity index (χ2n) is 3.90. The van der Waals surface area contributed by atoms with E-state index in [0.29, 0.717) is 17.1 Å². The largest absolute Gasteiger partial charge is 0.455 e. The van der Waals surface area contributed by atoms with Crippen molar-refractivity contribution in [2.75, 3.05) is 11.9 Å². The van der Waals surface area contributed by atoms with Gasteiger partial charge in [-0.15, -0.1) is 0 Å². The Labute approximate surface area is 111 Å². The molecule has 0 unspecified atom stereocenters. The number of amides is 1. The highest BCUT2D eigenvalue weighted by Gasteiger charge is 2.09. The molecule has 0 atom stereocenters. The number of nitrogens with one attached hydrogen (secondary N) is 1. The average molecular weight is 257 g/mol. The van der Waals surface area contributed by atoms with E-state index in [4.69, 9.17) is 10.5 Å². The van der Waals surface area contributed by atoms with E-state index >= 15 is 0 Å². The number of carbonyl (C=O) groups excluding carboxylic acids is 1. The van der Waals surface area contributed by atoms with E-state index in [2.05, 4.69) is 10.3 Å². The van der Waals surface area contributed by atoms with Gasteiger partial charge in [-0.3, -0.25) is 9.78 Å². The third-order valence-corrected chi connectivity index (χ3v) is 2.47. The molecule has 2 aromatic rings. The summed E-state index contributed by atoms with van der Waals surface area (Å²) in [5, 5.41) is 3.14. The van der Waals surface area contributed by atoms with Gasteiger partial charge in [-0.05, 0) is 19.1 Å². The molecule has 0 radical (unpaired) electrons. The van der Waals surface area contributed by atoms with Gasteiger partial charge in [0.25, 0.3) is 5.91 Å². The molecule has 0 saturated heterocycles. The average Bonchev–Trinajstić information content (AvgIpc) is 2.40. The second-order valence-corrected chi connectivity index (χ2v) is 3.90. The molecule has 0 fully saturated rings. The maximum absolute atomic E-state index is 11.3. The highest BCUT2D eigenvalue weighted by Crippen LogP contribution is 2.26. The van der Waals surface area contributed by atoms with Crippen LogP contribution in [0.15, 0.2) is 42.7 Å². The van der Waals surface area contributed by atoms with Gasteiger partial charge in [0.15, 0.2) is 0 Å². The van der Waals surface area contributed by atoms with Crippen LogP contribution >= 0.6 is 0 Å². The van der Waals surface area contributed by atoms with Crippen LogP contribution in [0.1, 0.15) is 17.3 Å². The Balaban J connectivity index is 2.26. The summed E-state index contributed by atoms with van der Waals surface area (Å²) in [6.45, 7) is 2.79. The predicted octanol–water partition coefficient (Wildman–Crippen LogP) is 2.40. The third kappa shape index (κ3) is 3.22. The van der Waals surface area contributed by atoms with Gasteiger partial charge in [0.2, 0.25) is 0 Å². The van der Waals surface area contributed by atoms with Crippen LogP contribution in [0.25, 0.3) is 0 Å². The molecule has 1 amide bonds. The van der Waals surface area contributed by atoms with Gasteiger partial charge < -0.3 is 15.8 Å². The Morgan fingerprint density at radius 1 is 1.37 bits per heavy atom. The van der Waals surface area contributed by atoms with Crippen molar-refractivity contribution in [1.82, 2.24) is 4.98 Å². The number of carbonyl (C=O) groups is 1. The number of rotatable bonds is 5. The predicted molar refractivity (Wildman–Crippen MR) is 73.4 cm³/mol. The summed E-state index contributed by atoms with van der Waals surface area (Å²) in [7, 11) is 0. The molecule has 1 heterocycles. The third-order valence-electron chi connectivity index (χ3n) is 2.47. The van der Waals surface area contributed by atoms with Crippen LogP contribution in [0.4, 0.5) is 5.69 Å². The fourth-order valence-corrected chi connectivity index (χ4v) is 1.66. The Hall–Kier alpha value is -2.56. The highest BCUT2D eigenvalue weighted by molar-refractivity contribution is 5.95. The minimum atomic E-state index is -0.522. The Morgan fingerprint density at radius 3 is 2.89 bits per heavy atom. The summed E-state index contributed by atoms with van der Waals surface area (Å²) in [6.07, 6.45) is 3.29. The van der Waals surface area contributed by atoms with Crippen LogP contribution < -0.4 is 15.8 Å². The first kappa shape index (κ1) is 12.9. The molecule has 0 saturated carbocycles. The standard InChI is InChI=1S/C14H15N3O2/c1-2-17-10-7-11(9-16-8-10)19-13-6-4-3-5-12(13)14(15)18/h3-9,17H,2H2,1H3,(H2,15,18). The number of pyridine rings is 1. The molecular weight excluding hydrogens is 242 g/mol. The van der Waals surface area contributed by atoms with Gasteiger partial charge in [0, 0.05) is 12.6 Å². The van der Waals surface area contributed by atoms with Gasteiger partial charge in [-0.1, -0.05) is 12.1 Å². The molecule has 0 aliphatic carbocycles. The number of para-hydroxylation sites is 1. The normalized spacial score (nSPS) is 9.95.